The maximum Gasteiger partial charge on any atom is 0.274 e. The third kappa shape index (κ3) is 4.21. The number of amides is 1. The zero-order valence-corrected chi connectivity index (χ0v) is 16.4. The largest absolute Gasteiger partial charge is 0.337 e. The molecule has 146 valence electrons. The number of aryl methyl sites for hydroxylation is 1. The second-order valence-electron chi connectivity index (χ2n) is 7.64. The van der Waals surface area contributed by atoms with Gasteiger partial charge in [-0.15, -0.1) is 0 Å². The van der Waals surface area contributed by atoms with E-state index in [1.807, 2.05) is 30.0 Å². The number of piperidine rings is 1. The molecular formula is C21H30N4O2. The molecule has 2 unspecified atom stereocenters. The molecule has 0 radical (unpaired) electrons. The van der Waals surface area contributed by atoms with E-state index in [9.17, 15) is 9.59 Å². The van der Waals surface area contributed by atoms with Gasteiger partial charge in [0.1, 0.15) is 0 Å². The van der Waals surface area contributed by atoms with E-state index in [-0.39, 0.29) is 17.5 Å². The first-order chi connectivity index (χ1) is 13.0. The molecule has 1 amide bonds. The minimum Gasteiger partial charge on any atom is -0.337 e. The lowest BCUT2D eigenvalue weighted by atomic mass is 9.92. The minimum atomic E-state index is -0.120. The van der Waals surface area contributed by atoms with Gasteiger partial charge in [-0.25, -0.2) is 4.68 Å². The number of benzene rings is 1. The molecule has 0 bridgehead atoms. The number of rotatable bonds is 6. The quantitative estimate of drug-likeness (QED) is 0.793. The van der Waals surface area contributed by atoms with Crippen LogP contribution in [0.3, 0.4) is 0 Å². The molecule has 1 aromatic heterocycles. The first-order valence-corrected chi connectivity index (χ1v) is 10.1. The van der Waals surface area contributed by atoms with Crippen molar-refractivity contribution in [1.82, 2.24) is 14.7 Å². The number of fused-ring (bicyclic) bond motifs is 1. The van der Waals surface area contributed by atoms with E-state index < -0.39 is 0 Å². The summed E-state index contributed by atoms with van der Waals surface area (Å²) < 4.78 is 1.47. The van der Waals surface area contributed by atoms with E-state index in [4.69, 9.17) is 5.73 Å². The van der Waals surface area contributed by atoms with Crippen LogP contribution in [0.4, 0.5) is 0 Å². The number of carbonyl (C=O) groups is 1. The summed E-state index contributed by atoms with van der Waals surface area (Å²) in [5.41, 5.74) is 6.33. The van der Waals surface area contributed by atoms with E-state index in [1.54, 1.807) is 6.07 Å². The third-order valence-electron chi connectivity index (χ3n) is 5.53. The van der Waals surface area contributed by atoms with Gasteiger partial charge in [0, 0.05) is 31.1 Å². The second-order valence-corrected chi connectivity index (χ2v) is 7.64. The van der Waals surface area contributed by atoms with Crippen molar-refractivity contribution < 1.29 is 4.79 Å². The normalized spacial score (nSPS) is 18.6. The molecule has 6 heteroatoms. The van der Waals surface area contributed by atoms with Gasteiger partial charge in [0.15, 0.2) is 5.69 Å². The van der Waals surface area contributed by atoms with Gasteiger partial charge in [0.05, 0.1) is 5.39 Å². The second kappa shape index (κ2) is 8.65. The van der Waals surface area contributed by atoms with Crippen LogP contribution in [-0.2, 0) is 6.54 Å². The lowest BCUT2D eigenvalue weighted by molar-refractivity contribution is 0.0654. The lowest BCUT2D eigenvalue weighted by Gasteiger charge is -2.34. The third-order valence-corrected chi connectivity index (χ3v) is 5.53. The Hall–Kier alpha value is -2.21. The number of nitrogens with zero attached hydrogens (tertiary/aromatic N) is 3. The summed E-state index contributed by atoms with van der Waals surface area (Å²) in [5, 5.41) is 5.70. The lowest BCUT2D eigenvalue weighted by Crippen LogP contribution is -2.45. The average molecular weight is 370 g/mol. The summed E-state index contributed by atoms with van der Waals surface area (Å²) in [7, 11) is 0. The van der Waals surface area contributed by atoms with Crippen molar-refractivity contribution >= 4 is 16.7 Å². The van der Waals surface area contributed by atoms with E-state index in [2.05, 4.69) is 12.0 Å². The molecule has 6 nitrogen and oxygen atoms in total. The van der Waals surface area contributed by atoms with Gasteiger partial charge in [0.25, 0.3) is 11.5 Å². The number of unbranched alkanes of at least 4 members (excludes halogenated alkanes) is 2. The summed E-state index contributed by atoms with van der Waals surface area (Å²) in [4.78, 5) is 27.9. The molecular weight excluding hydrogens is 340 g/mol. The SMILES string of the molecule is CCCCCn1nc(C(=O)N2CCCC(C(C)N)C2)c2ccccc2c1=O. The Kier molecular flexibility index (Phi) is 6.26. The summed E-state index contributed by atoms with van der Waals surface area (Å²) >= 11 is 0. The number of hydrogen-bond acceptors (Lipinski definition) is 4. The topological polar surface area (TPSA) is 81.2 Å². The average Bonchev–Trinajstić information content (AvgIpc) is 2.69. The van der Waals surface area contributed by atoms with Crippen LogP contribution in [-0.4, -0.2) is 39.7 Å². The first-order valence-electron chi connectivity index (χ1n) is 10.1. The number of aromatic nitrogens is 2. The van der Waals surface area contributed by atoms with Crippen LogP contribution < -0.4 is 11.3 Å². The molecule has 1 aliphatic heterocycles. The highest BCUT2D eigenvalue weighted by Gasteiger charge is 2.28. The van der Waals surface area contributed by atoms with Crippen molar-refractivity contribution in [1.29, 1.82) is 0 Å². The van der Waals surface area contributed by atoms with Crippen LogP contribution in [0.5, 0.6) is 0 Å². The number of likely N-dealkylation sites (tertiary alicyclic amines) is 1. The molecule has 0 spiro atoms. The molecule has 2 N–H and O–H groups in total. The summed E-state index contributed by atoms with van der Waals surface area (Å²) in [6.45, 7) is 6.03. The van der Waals surface area contributed by atoms with Crippen molar-refractivity contribution in [3.63, 3.8) is 0 Å². The van der Waals surface area contributed by atoms with Crippen LogP contribution in [0.1, 0.15) is 56.4 Å². The number of hydrogen-bond donors (Lipinski definition) is 1. The monoisotopic (exact) mass is 370 g/mol. The Morgan fingerprint density at radius 1 is 1.30 bits per heavy atom. The molecule has 2 aromatic rings. The summed E-state index contributed by atoms with van der Waals surface area (Å²) in [5.74, 6) is 0.213. The Balaban J connectivity index is 1.98. The van der Waals surface area contributed by atoms with Crippen molar-refractivity contribution in [2.45, 2.75) is 58.5 Å². The van der Waals surface area contributed by atoms with Gasteiger partial charge < -0.3 is 10.6 Å². The molecule has 2 heterocycles. The summed E-state index contributed by atoms with van der Waals surface area (Å²) in [6.07, 6.45) is 4.98. The van der Waals surface area contributed by atoms with E-state index in [1.165, 1.54) is 4.68 Å². The van der Waals surface area contributed by atoms with Crippen LogP contribution >= 0.6 is 0 Å². The molecule has 1 aromatic carbocycles. The number of nitrogens with two attached hydrogens (primary N) is 1. The van der Waals surface area contributed by atoms with Gasteiger partial charge in [-0.3, -0.25) is 9.59 Å². The molecule has 1 saturated heterocycles. The molecule has 27 heavy (non-hydrogen) atoms. The number of carbonyl (C=O) groups excluding carboxylic acids is 1. The van der Waals surface area contributed by atoms with Gasteiger partial charge in [-0.2, -0.15) is 5.10 Å². The van der Waals surface area contributed by atoms with Crippen molar-refractivity contribution in [2.24, 2.45) is 11.7 Å². The Morgan fingerprint density at radius 3 is 2.74 bits per heavy atom. The molecule has 3 rings (SSSR count). The maximum absolute atomic E-state index is 13.3. The Bertz CT molecular complexity index is 859. The van der Waals surface area contributed by atoms with E-state index in [0.717, 1.165) is 32.1 Å². The first kappa shape index (κ1) is 19.5. The Morgan fingerprint density at radius 2 is 2.04 bits per heavy atom. The highest BCUT2D eigenvalue weighted by molar-refractivity contribution is 6.04. The fourth-order valence-electron chi connectivity index (χ4n) is 3.83. The predicted molar refractivity (Wildman–Crippen MR) is 108 cm³/mol. The highest BCUT2D eigenvalue weighted by atomic mass is 16.2. The van der Waals surface area contributed by atoms with Crippen molar-refractivity contribution in [3.8, 4) is 0 Å². The van der Waals surface area contributed by atoms with E-state index >= 15 is 0 Å². The van der Waals surface area contributed by atoms with Gasteiger partial charge in [-0.05, 0) is 38.2 Å². The minimum absolute atomic E-state index is 0.0632. The van der Waals surface area contributed by atoms with Crippen LogP contribution in [0, 0.1) is 5.92 Å². The van der Waals surface area contributed by atoms with Crippen molar-refractivity contribution in [3.05, 3.63) is 40.3 Å². The van der Waals surface area contributed by atoms with Crippen molar-refractivity contribution in [2.75, 3.05) is 13.1 Å². The van der Waals surface area contributed by atoms with Gasteiger partial charge in [0.2, 0.25) is 0 Å². The predicted octanol–water partition coefficient (Wildman–Crippen LogP) is 2.79. The van der Waals surface area contributed by atoms with Crippen LogP contribution in [0.25, 0.3) is 10.8 Å². The van der Waals surface area contributed by atoms with Gasteiger partial charge in [-0.1, -0.05) is 38.0 Å². The van der Waals surface area contributed by atoms with E-state index in [0.29, 0.717) is 42.0 Å². The van der Waals surface area contributed by atoms with Crippen LogP contribution in [0.2, 0.25) is 0 Å². The summed E-state index contributed by atoms with van der Waals surface area (Å²) in [6, 6.07) is 7.35. The Labute approximate surface area is 160 Å². The standard InChI is InChI=1S/C21H30N4O2/c1-3-4-7-13-25-20(26)18-11-6-5-10-17(18)19(23-25)21(27)24-12-8-9-16(14-24)15(2)22/h5-6,10-11,15-16H,3-4,7-9,12-14,22H2,1-2H3. The fraction of sp³-hybridized carbons (Fsp3) is 0.571. The fourth-order valence-corrected chi connectivity index (χ4v) is 3.83. The smallest absolute Gasteiger partial charge is 0.274 e. The zero-order valence-electron chi connectivity index (χ0n) is 16.4. The molecule has 1 fully saturated rings. The van der Waals surface area contributed by atoms with Gasteiger partial charge >= 0.3 is 0 Å². The highest BCUT2D eigenvalue weighted by Crippen LogP contribution is 2.22. The van der Waals surface area contributed by atoms with Crippen LogP contribution in [0.15, 0.2) is 29.1 Å². The molecule has 0 saturated carbocycles. The molecule has 2 atom stereocenters. The zero-order chi connectivity index (χ0) is 19.4. The molecule has 1 aliphatic rings. The molecule has 0 aliphatic carbocycles. The maximum atomic E-state index is 13.3.